The molecule has 5 heteroatoms. The van der Waals surface area contributed by atoms with Crippen molar-refractivity contribution in [1.82, 2.24) is 0 Å². The number of phenols is 2. The van der Waals surface area contributed by atoms with Crippen molar-refractivity contribution < 1.29 is 46.0 Å². The average Bonchev–Trinajstić information content (AvgIpc) is 3.48. The van der Waals surface area contributed by atoms with Crippen LogP contribution in [0.5, 0.6) is 11.5 Å². The van der Waals surface area contributed by atoms with Gasteiger partial charge in [-0.3, -0.25) is 21.7 Å². The number of hydrogen-bond donors (Lipinski definition) is 2. The average molecular weight is 466 g/mol. The first-order valence-corrected chi connectivity index (χ1v) is 8.58. The molecule has 0 saturated heterocycles. The van der Waals surface area contributed by atoms with E-state index in [1.54, 1.807) is 36.4 Å². The number of carbonyl (C=O) groups excluding carboxylic acids is 2. The minimum atomic E-state index is 0. The molecule has 2 N–H and O–H groups in total. The van der Waals surface area contributed by atoms with E-state index in [0.29, 0.717) is 23.7 Å². The third kappa shape index (κ3) is 12.3. The first-order valence-electron chi connectivity index (χ1n) is 8.58. The Morgan fingerprint density at radius 1 is 0.690 bits per heavy atom. The van der Waals surface area contributed by atoms with Crippen LogP contribution < -0.4 is 0 Å². The topological polar surface area (TPSA) is 74.6 Å². The molecule has 0 atom stereocenters. The summed E-state index contributed by atoms with van der Waals surface area (Å²) in [4.78, 5) is 20.1. The summed E-state index contributed by atoms with van der Waals surface area (Å²) in [5.74, 6) is 0.0694. The van der Waals surface area contributed by atoms with Crippen LogP contribution in [0.2, 0.25) is 0 Å². The number of phenolic OH excluding ortho intramolecular Hbond substituents is 2. The second-order valence-electron chi connectivity index (χ2n) is 5.36. The van der Waals surface area contributed by atoms with Gasteiger partial charge < -0.3 is 10.2 Å². The summed E-state index contributed by atoms with van der Waals surface area (Å²) in [5, 5.41) is 17.8. The third-order valence-electron chi connectivity index (χ3n) is 3.30. The van der Waals surface area contributed by atoms with Gasteiger partial charge in [-0.25, -0.2) is 24.3 Å². The number of hydrogen-bond acceptors (Lipinski definition) is 4. The summed E-state index contributed by atoms with van der Waals surface area (Å²) in [7, 11) is 0. The molecule has 0 bridgehead atoms. The van der Waals surface area contributed by atoms with E-state index in [0.717, 1.165) is 12.8 Å². The largest absolute Gasteiger partial charge is 2.00 e. The van der Waals surface area contributed by atoms with Crippen molar-refractivity contribution in [2.45, 2.75) is 12.8 Å². The normalized spacial score (nSPS) is 11.6. The standard InChI is InChI=1S/2C7H6O2.2C5H5.Zr/c2*8-5-6-3-1-2-4-7(6)9;2*1-2-4-5-3-1;/h2*1-5,9H;2*1-3H,4H2;/q;;2*-1;+2. The minimum Gasteiger partial charge on any atom is -0.507 e. The molecule has 4 rings (SSSR count). The zero-order valence-corrected chi connectivity index (χ0v) is 18.3. The molecule has 2 aliphatic rings. The molecule has 2 aromatic carbocycles. The van der Waals surface area contributed by atoms with E-state index >= 15 is 0 Å². The number of aromatic hydroxyl groups is 2. The fourth-order valence-corrected chi connectivity index (χ4v) is 1.85. The summed E-state index contributed by atoms with van der Waals surface area (Å²) in [6.45, 7) is 0. The van der Waals surface area contributed by atoms with Crippen LogP contribution in [0.3, 0.4) is 0 Å². The van der Waals surface area contributed by atoms with Crippen LogP contribution in [0.25, 0.3) is 0 Å². The third-order valence-corrected chi connectivity index (χ3v) is 3.30. The first kappa shape index (κ1) is 26.2. The van der Waals surface area contributed by atoms with Gasteiger partial charge in [-0.1, -0.05) is 24.3 Å². The van der Waals surface area contributed by atoms with Crippen LogP contribution in [0.4, 0.5) is 0 Å². The number of carbonyl (C=O) groups is 2. The number of rotatable bonds is 2. The molecule has 0 unspecified atom stereocenters. The molecule has 0 aliphatic heterocycles. The van der Waals surface area contributed by atoms with Crippen LogP contribution in [-0.2, 0) is 26.2 Å². The molecule has 0 aromatic heterocycles. The van der Waals surface area contributed by atoms with Gasteiger partial charge in [-0.15, -0.1) is 12.8 Å². The van der Waals surface area contributed by atoms with E-state index in [1.165, 1.54) is 12.1 Å². The van der Waals surface area contributed by atoms with E-state index in [9.17, 15) is 9.59 Å². The van der Waals surface area contributed by atoms with Crippen LogP contribution in [0.1, 0.15) is 33.6 Å². The Morgan fingerprint density at radius 2 is 1.07 bits per heavy atom. The smallest absolute Gasteiger partial charge is 0.507 e. The summed E-state index contributed by atoms with van der Waals surface area (Å²) in [5.41, 5.74) is 0.662. The molecule has 2 aliphatic carbocycles. The monoisotopic (exact) mass is 464 g/mol. The fourth-order valence-electron chi connectivity index (χ4n) is 1.85. The summed E-state index contributed by atoms with van der Waals surface area (Å²) >= 11 is 0. The Labute approximate surface area is 190 Å². The summed E-state index contributed by atoms with van der Waals surface area (Å²) in [6.07, 6.45) is 21.2. The van der Waals surface area contributed by atoms with Gasteiger partial charge in [0.05, 0.1) is 11.1 Å². The molecule has 0 fully saturated rings. The van der Waals surface area contributed by atoms with Crippen molar-refractivity contribution in [2.75, 3.05) is 0 Å². The van der Waals surface area contributed by atoms with Crippen molar-refractivity contribution in [2.24, 2.45) is 0 Å². The van der Waals surface area contributed by atoms with E-state index < -0.39 is 0 Å². The molecule has 0 radical (unpaired) electrons. The van der Waals surface area contributed by atoms with Gasteiger partial charge in [0.25, 0.3) is 0 Å². The molecule has 0 spiro atoms. The Balaban J connectivity index is 0.000000369. The first-order chi connectivity index (χ1) is 13.7. The van der Waals surface area contributed by atoms with Gasteiger partial charge in [-0.05, 0) is 24.3 Å². The second-order valence-corrected chi connectivity index (χ2v) is 5.36. The Morgan fingerprint density at radius 3 is 1.24 bits per heavy atom. The number of allylic oxidation sites excluding steroid dienone is 8. The van der Waals surface area contributed by atoms with Gasteiger partial charge >= 0.3 is 26.2 Å². The Kier molecular flexibility index (Phi) is 15.7. The van der Waals surface area contributed by atoms with E-state index in [2.05, 4.69) is 24.3 Å². The van der Waals surface area contributed by atoms with Crippen molar-refractivity contribution in [3.05, 3.63) is 108 Å². The van der Waals surface area contributed by atoms with Crippen LogP contribution in [-0.4, -0.2) is 22.8 Å². The quantitative estimate of drug-likeness (QED) is 0.482. The molecule has 0 saturated carbocycles. The second kappa shape index (κ2) is 17.3. The SMILES string of the molecule is O=Cc1ccccc1O.O=Cc1ccccc1O.[C-]1=CC=CC1.[C-]1=CC=CC1.[Zr+2]. The van der Waals surface area contributed by atoms with Crippen LogP contribution >= 0.6 is 0 Å². The molecule has 4 nitrogen and oxygen atoms in total. The zero-order valence-electron chi connectivity index (χ0n) is 15.9. The zero-order chi connectivity index (χ0) is 20.5. The van der Waals surface area contributed by atoms with Gasteiger partial charge in [0.15, 0.2) is 12.6 Å². The summed E-state index contributed by atoms with van der Waals surface area (Å²) in [6, 6.07) is 12.8. The number of para-hydroxylation sites is 2. The number of benzene rings is 2. The minimum absolute atomic E-state index is 0. The molecular formula is C24H22O4Zr. The fraction of sp³-hybridized carbons (Fsp3) is 0.0833. The molecule has 146 valence electrons. The molecule has 29 heavy (non-hydrogen) atoms. The van der Waals surface area contributed by atoms with Gasteiger partial charge in [0.2, 0.25) is 0 Å². The van der Waals surface area contributed by atoms with Crippen LogP contribution in [0, 0.1) is 12.2 Å². The van der Waals surface area contributed by atoms with Crippen molar-refractivity contribution in [3.8, 4) is 11.5 Å². The van der Waals surface area contributed by atoms with Crippen molar-refractivity contribution in [3.63, 3.8) is 0 Å². The van der Waals surface area contributed by atoms with Crippen molar-refractivity contribution in [1.29, 1.82) is 0 Å². The molecular weight excluding hydrogens is 443 g/mol. The van der Waals surface area contributed by atoms with E-state index in [-0.39, 0.29) is 37.7 Å². The predicted molar refractivity (Wildman–Crippen MR) is 110 cm³/mol. The van der Waals surface area contributed by atoms with Gasteiger partial charge in [0, 0.05) is 0 Å². The maximum atomic E-state index is 10.1. The van der Waals surface area contributed by atoms with Crippen LogP contribution in [0.15, 0.2) is 85.0 Å². The molecule has 0 heterocycles. The van der Waals surface area contributed by atoms with Gasteiger partial charge in [-0.2, -0.15) is 12.2 Å². The van der Waals surface area contributed by atoms with Crippen molar-refractivity contribution >= 4 is 12.6 Å². The maximum absolute atomic E-state index is 10.1. The number of aldehydes is 2. The van der Waals surface area contributed by atoms with Gasteiger partial charge in [0.1, 0.15) is 11.5 Å². The van der Waals surface area contributed by atoms with E-state index in [4.69, 9.17) is 10.2 Å². The molecule has 2 aromatic rings. The maximum Gasteiger partial charge on any atom is 2.00 e. The Hall–Kier alpha value is -2.78. The van der Waals surface area contributed by atoms with E-state index in [1.807, 2.05) is 24.3 Å². The molecule has 0 amide bonds. The predicted octanol–water partition coefficient (Wildman–Crippen LogP) is 5.02. The Bertz CT molecular complexity index is 760. The summed E-state index contributed by atoms with van der Waals surface area (Å²) < 4.78 is 0.